The summed E-state index contributed by atoms with van der Waals surface area (Å²) in [5.41, 5.74) is 8.01. The Morgan fingerprint density at radius 3 is 2.20 bits per heavy atom. The van der Waals surface area contributed by atoms with Gasteiger partial charge in [-0.15, -0.1) is 0 Å². The van der Waals surface area contributed by atoms with Gasteiger partial charge in [-0.3, -0.25) is 9.59 Å². The van der Waals surface area contributed by atoms with Gasteiger partial charge in [-0.2, -0.15) is 0 Å². The highest BCUT2D eigenvalue weighted by molar-refractivity contribution is 5.97. The molecular formula is C21H26N2O2. The summed E-state index contributed by atoms with van der Waals surface area (Å²) >= 11 is 0. The maximum Gasteiger partial charge on any atom is 0.221 e. The van der Waals surface area contributed by atoms with E-state index in [0.29, 0.717) is 6.54 Å². The van der Waals surface area contributed by atoms with Crippen LogP contribution in [-0.2, 0) is 11.3 Å². The van der Waals surface area contributed by atoms with Crippen LogP contribution in [0.2, 0.25) is 0 Å². The van der Waals surface area contributed by atoms with Crippen LogP contribution in [0.25, 0.3) is 0 Å². The molecule has 0 spiro atoms. The minimum Gasteiger partial charge on any atom is -0.381 e. The minimum absolute atomic E-state index is 0.0915. The minimum atomic E-state index is -0.0915. The molecule has 1 amide bonds. The molecule has 0 fully saturated rings. The van der Waals surface area contributed by atoms with Gasteiger partial charge < -0.3 is 10.6 Å². The van der Waals surface area contributed by atoms with Gasteiger partial charge in [0.2, 0.25) is 5.91 Å². The molecule has 4 heteroatoms. The summed E-state index contributed by atoms with van der Waals surface area (Å²) in [7, 11) is 0. The van der Waals surface area contributed by atoms with E-state index in [1.54, 1.807) is 6.92 Å². The standard InChI is InChI=1S/C21H26N2O2/c1-12-7-8-18(23-17(6)25)10-20(12)22-11-19-13(2)9-14(3)21(15(19)4)16(5)24/h7-10,22H,11H2,1-6H3,(H,23,25). The molecule has 0 radical (unpaired) electrons. The van der Waals surface area contributed by atoms with Gasteiger partial charge in [0.1, 0.15) is 0 Å². The number of hydrogen-bond donors (Lipinski definition) is 2. The summed E-state index contributed by atoms with van der Waals surface area (Å²) in [5.74, 6) is 0.00575. The lowest BCUT2D eigenvalue weighted by atomic mass is 9.91. The van der Waals surface area contributed by atoms with E-state index in [2.05, 4.69) is 23.6 Å². The molecule has 0 saturated heterocycles. The predicted octanol–water partition coefficient (Wildman–Crippen LogP) is 4.69. The summed E-state index contributed by atoms with van der Waals surface area (Å²) in [6.45, 7) is 11.8. The number of Topliss-reactive ketones (excluding diaryl/α,β-unsaturated/α-hetero) is 1. The third-order valence-corrected chi connectivity index (χ3v) is 4.50. The second-order valence-corrected chi connectivity index (χ2v) is 6.61. The van der Waals surface area contributed by atoms with Crippen LogP contribution in [0, 0.1) is 27.7 Å². The second kappa shape index (κ2) is 7.51. The third-order valence-electron chi connectivity index (χ3n) is 4.50. The van der Waals surface area contributed by atoms with Gasteiger partial charge in [-0.05, 0) is 74.6 Å². The van der Waals surface area contributed by atoms with Crippen LogP contribution in [0.3, 0.4) is 0 Å². The van der Waals surface area contributed by atoms with Crippen molar-refractivity contribution in [2.45, 2.75) is 48.1 Å². The molecule has 2 aromatic carbocycles. The highest BCUT2D eigenvalue weighted by atomic mass is 16.1. The van der Waals surface area contributed by atoms with Gasteiger partial charge in [-0.25, -0.2) is 0 Å². The van der Waals surface area contributed by atoms with E-state index >= 15 is 0 Å². The number of anilines is 2. The van der Waals surface area contributed by atoms with Gasteiger partial charge in [0.25, 0.3) is 0 Å². The molecule has 0 aliphatic carbocycles. The topological polar surface area (TPSA) is 58.2 Å². The highest BCUT2D eigenvalue weighted by Gasteiger charge is 2.14. The molecule has 0 aliphatic rings. The van der Waals surface area contributed by atoms with Crippen LogP contribution in [0.4, 0.5) is 11.4 Å². The van der Waals surface area contributed by atoms with Gasteiger partial charge in [-0.1, -0.05) is 12.1 Å². The van der Waals surface area contributed by atoms with Crippen LogP contribution in [0.15, 0.2) is 24.3 Å². The number of amides is 1. The zero-order valence-electron chi connectivity index (χ0n) is 15.8. The summed E-state index contributed by atoms with van der Waals surface area (Å²) in [5, 5.41) is 6.25. The van der Waals surface area contributed by atoms with E-state index in [0.717, 1.165) is 39.2 Å². The summed E-state index contributed by atoms with van der Waals surface area (Å²) < 4.78 is 0. The quantitative estimate of drug-likeness (QED) is 0.777. The van der Waals surface area contributed by atoms with Crippen LogP contribution in [0.5, 0.6) is 0 Å². The number of carbonyl (C=O) groups excluding carboxylic acids is 2. The Kier molecular flexibility index (Phi) is 5.62. The van der Waals surface area contributed by atoms with E-state index in [1.165, 1.54) is 12.5 Å². The van der Waals surface area contributed by atoms with Crippen LogP contribution in [0.1, 0.15) is 52.0 Å². The maximum absolute atomic E-state index is 12.0. The fraction of sp³-hybridized carbons (Fsp3) is 0.333. The summed E-state index contributed by atoms with van der Waals surface area (Å²) in [6.07, 6.45) is 0. The van der Waals surface area contributed by atoms with Crippen molar-refractivity contribution < 1.29 is 9.59 Å². The van der Waals surface area contributed by atoms with Gasteiger partial charge in [0.05, 0.1) is 0 Å². The molecule has 0 bridgehead atoms. The Bertz CT molecular complexity index is 838. The molecule has 0 aliphatic heterocycles. The van der Waals surface area contributed by atoms with E-state index in [9.17, 15) is 9.59 Å². The van der Waals surface area contributed by atoms with Crippen molar-refractivity contribution in [1.29, 1.82) is 0 Å². The lowest BCUT2D eigenvalue weighted by Gasteiger charge is -2.18. The molecule has 2 rings (SSSR count). The first kappa shape index (κ1) is 18.7. The number of rotatable bonds is 5. The number of benzene rings is 2. The number of aryl methyl sites for hydroxylation is 3. The predicted molar refractivity (Wildman–Crippen MR) is 103 cm³/mol. The van der Waals surface area contributed by atoms with Crippen LogP contribution < -0.4 is 10.6 Å². The zero-order chi connectivity index (χ0) is 18.7. The van der Waals surface area contributed by atoms with Crippen LogP contribution >= 0.6 is 0 Å². The summed E-state index contributed by atoms with van der Waals surface area (Å²) in [4.78, 5) is 23.2. The lowest BCUT2D eigenvalue weighted by Crippen LogP contribution is -2.11. The number of nitrogens with one attached hydrogen (secondary N) is 2. The third kappa shape index (κ3) is 4.27. The monoisotopic (exact) mass is 338 g/mol. The molecule has 132 valence electrons. The van der Waals surface area contributed by atoms with E-state index < -0.39 is 0 Å². The first-order chi connectivity index (χ1) is 11.7. The Labute approximate surface area is 149 Å². The molecule has 0 heterocycles. The largest absolute Gasteiger partial charge is 0.381 e. The van der Waals surface area contributed by atoms with Crippen LogP contribution in [-0.4, -0.2) is 11.7 Å². The average Bonchev–Trinajstić information content (AvgIpc) is 2.48. The molecule has 0 atom stereocenters. The Balaban J connectivity index is 2.32. The first-order valence-electron chi connectivity index (χ1n) is 8.43. The molecule has 25 heavy (non-hydrogen) atoms. The van der Waals surface area contributed by atoms with Crippen molar-refractivity contribution in [3.05, 3.63) is 57.6 Å². The van der Waals surface area contributed by atoms with Gasteiger partial charge in [0.15, 0.2) is 5.78 Å². The molecule has 0 aromatic heterocycles. The molecule has 2 aromatic rings. The lowest BCUT2D eigenvalue weighted by molar-refractivity contribution is -0.114. The number of hydrogen-bond acceptors (Lipinski definition) is 3. The molecular weight excluding hydrogens is 312 g/mol. The fourth-order valence-electron chi connectivity index (χ4n) is 3.32. The van der Waals surface area contributed by atoms with Crippen molar-refractivity contribution in [2.24, 2.45) is 0 Å². The van der Waals surface area contributed by atoms with Crippen molar-refractivity contribution in [1.82, 2.24) is 0 Å². The van der Waals surface area contributed by atoms with Crippen molar-refractivity contribution >= 4 is 23.1 Å². The Morgan fingerprint density at radius 1 is 0.920 bits per heavy atom. The van der Waals surface area contributed by atoms with E-state index in [4.69, 9.17) is 0 Å². The zero-order valence-corrected chi connectivity index (χ0v) is 15.8. The summed E-state index contributed by atoms with van der Waals surface area (Å²) in [6, 6.07) is 7.87. The second-order valence-electron chi connectivity index (χ2n) is 6.61. The van der Waals surface area contributed by atoms with E-state index in [-0.39, 0.29) is 11.7 Å². The molecule has 4 nitrogen and oxygen atoms in total. The average molecular weight is 338 g/mol. The number of ketones is 1. The van der Waals surface area contributed by atoms with Crippen molar-refractivity contribution in [2.75, 3.05) is 10.6 Å². The normalized spacial score (nSPS) is 10.5. The molecule has 2 N–H and O–H groups in total. The highest BCUT2D eigenvalue weighted by Crippen LogP contribution is 2.26. The van der Waals surface area contributed by atoms with Crippen molar-refractivity contribution in [3.63, 3.8) is 0 Å². The maximum atomic E-state index is 12.0. The molecule has 0 saturated carbocycles. The number of carbonyl (C=O) groups is 2. The van der Waals surface area contributed by atoms with Crippen molar-refractivity contribution in [3.8, 4) is 0 Å². The fourth-order valence-corrected chi connectivity index (χ4v) is 3.32. The first-order valence-corrected chi connectivity index (χ1v) is 8.43. The SMILES string of the molecule is CC(=O)Nc1ccc(C)c(NCc2c(C)cc(C)c(C(C)=O)c2C)c1. The van der Waals surface area contributed by atoms with E-state index in [1.807, 2.05) is 39.0 Å². The molecule has 0 unspecified atom stereocenters. The Hall–Kier alpha value is -2.62. The Morgan fingerprint density at radius 2 is 1.60 bits per heavy atom. The van der Waals surface area contributed by atoms with Gasteiger partial charge in [0, 0.05) is 30.4 Å². The van der Waals surface area contributed by atoms with Gasteiger partial charge >= 0.3 is 0 Å². The smallest absolute Gasteiger partial charge is 0.221 e.